The fourth-order valence-electron chi connectivity index (χ4n) is 1.35. The van der Waals surface area contributed by atoms with Gasteiger partial charge in [-0.3, -0.25) is 0 Å². The molecule has 1 N–H and O–H groups in total. The molecule has 0 fully saturated rings. The van der Waals surface area contributed by atoms with Gasteiger partial charge in [0.05, 0.1) is 7.11 Å². The number of phenolic OH excluding ortho intramolecular Hbond substituents is 1. The number of hydrogen-bond acceptors (Lipinski definition) is 4. The molecule has 4 nitrogen and oxygen atoms in total. The lowest BCUT2D eigenvalue weighted by atomic mass is 10.1. The zero-order chi connectivity index (χ0) is 13.4. The lowest BCUT2D eigenvalue weighted by Gasteiger charge is -2.02. The van der Waals surface area contributed by atoms with Gasteiger partial charge in [-0.05, 0) is 36.6 Å². The highest BCUT2D eigenvalue weighted by Crippen LogP contribution is 2.19. The summed E-state index contributed by atoms with van der Waals surface area (Å²) in [6, 6.07) is 3.84. The molecule has 0 unspecified atom stereocenters. The Morgan fingerprint density at radius 3 is 2.94 bits per heavy atom. The van der Waals surface area contributed by atoms with E-state index in [0.717, 1.165) is 0 Å². The average Bonchev–Trinajstić information content (AvgIpc) is 2.37. The molecule has 0 bridgehead atoms. The summed E-state index contributed by atoms with van der Waals surface area (Å²) in [7, 11) is 1.23. The maximum Gasteiger partial charge on any atom is 0.508 e. The van der Waals surface area contributed by atoms with Crippen molar-refractivity contribution in [3.05, 3.63) is 41.7 Å². The standard InChI is InChI=1S/C13H15FO4/c1-17-13(16)18-8-4-2-3-5-10-9-11(14)6-7-12(10)15/h2,4,6-7,9,15H,3,5,8H2,1H3/b4-2+. The topological polar surface area (TPSA) is 55.8 Å². The van der Waals surface area contributed by atoms with Crippen molar-refractivity contribution in [1.29, 1.82) is 0 Å². The predicted molar refractivity (Wildman–Crippen MR) is 63.9 cm³/mol. The minimum absolute atomic E-state index is 0.0793. The summed E-state index contributed by atoms with van der Waals surface area (Å²) in [4.78, 5) is 10.6. The smallest absolute Gasteiger partial charge is 0.508 e. The molecule has 0 spiro atoms. The van der Waals surface area contributed by atoms with Crippen molar-refractivity contribution in [2.75, 3.05) is 13.7 Å². The first-order chi connectivity index (χ1) is 8.63. The molecule has 0 saturated carbocycles. The minimum Gasteiger partial charge on any atom is -0.508 e. The monoisotopic (exact) mass is 254 g/mol. The summed E-state index contributed by atoms with van der Waals surface area (Å²) < 4.78 is 21.8. The molecule has 0 heterocycles. The van der Waals surface area contributed by atoms with E-state index in [1.165, 1.54) is 25.3 Å². The van der Waals surface area contributed by atoms with Crippen molar-refractivity contribution in [3.8, 4) is 5.75 Å². The normalized spacial score (nSPS) is 10.6. The summed E-state index contributed by atoms with van der Waals surface area (Å²) >= 11 is 0. The highest BCUT2D eigenvalue weighted by Gasteiger charge is 2.01. The molecule has 1 rings (SSSR count). The molecule has 1 aromatic carbocycles. The first-order valence-electron chi connectivity index (χ1n) is 5.46. The van der Waals surface area contributed by atoms with Crippen LogP contribution in [0.4, 0.5) is 9.18 Å². The Kier molecular flexibility index (Phi) is 5.70. The van der Waals surface area contributed by atoms with E-state index in [1.807, 2.05) is 0 Å². The van der Waals surface area contributed by atoms with Crippen molar-refractivity contribution in [2.45, 2.75) is 12.8 Å². The van der Waals surface area contributed by atoms with Crippen molar-refractivity contribution >= 4 is 6.16 Å². The van der Waals surface area contributed by atoms with E-state index in [9.17, 15) is 14.3 Å². The fourth-order valence-corrected chi connectivity index (χ4v) is 1.35. The quantitative estimate of drug-likeness (QED) is 0.648. The molecule has 0 aliphatic rings. The Hall–Kier alpha value is -2.04. The van der Waals surface area contributed by atoms with Gasteiger partial charge in [-0.15, -0.1) is 0 Å². The van der Waals surface area contributed by atoms with E-state index < -0.39 is 6.16 Å². The van der Waals surface area contributed by atoms with Gasteiger partial charge in [-0.2, -0.15) is 0 Å². The highest BCUT2D eigenvalue weighted by molar-refractivity contribution is 5.59. The summed E-state index contributed by atoms with van der Waals surface area (Å²) in [5.41, 5.74) is 0.550. The van der Waals surface area contributed by atoms with Crippen LogP contribution in [0, 0.1) is 5.82 Å². The predicted octanol–water partition coefficient (Wildman–Crippen LogP) is 2.80. The van der Waals surface area contributed by atoms with Crippen molar-refractivity contribution in [1.82, 2.24) is 0 Å². The second-order valence-electron chi connectivity index (χ2n) is 3.55. The largest absolute Gasteiger partial charge is 0.508 e. The van der Waals surface area contributed by atoms with Gasteiger partial charge in [0.2, 0.25) is 0 Å². The number of methoxy groups -OCH3 is 1. The van der Waals surface area contributed by atoms with E-state index in [2.05, 4.69) is 9.47 Å². The maximum absolute atomic E-state index is 12.9. The Bertz CT molecular complexity index is 429. The first kappa shape index (κ1) is 14.0. The van der Waals surface area contributed by atoms with E-state index >= 15 is 0 Å². The molecule has 0 aromatic heterocycles. The van der Waals surface area contributed by atoms with Gasteiger partial charge in [-0.1, -0.05) is 12.2 Å². The highest BCUT2D eigenvalue weighted by atomic mass is 19.1. The van der Waals surface area contributed by atoms with E-state index in [4.69, 9.17) is 0 Å². The van der Waals surface area contributed by atoms with Crippen LogP contribution in [-0.2, 0) is 15.9 Å². The second kappa shape index (κ2) is 7.32. The Morgan fingerprint density at radius 1 is 1.44 bits per heavy atom. The first-order valence-corrected chi connectivity index (χ1v) is 5.46. The molecule has 0 atom stereocenters. The lowest BCUT2D eigenvalue weighted by Crippen LogP contribution is -2.03. The zero-order valence-corrected chi connectivity index (χ0v) is 10.1. The molecule has 98 valence electrons. The van der Waals surface area contributed by atoms with Crippen LogP contribution in [0.3, 0.4) is 0 Å². The third kappa shape index (κ3) is 4.86. The number of benzene rings is 1. The Morgan fingerprint density at radius 2 is 2.22 bits per heavy atom. The second-order valence-corrected chi connectivity index (χ2v) is 3.55. The SMILES string of the molecule is COC(=O)OC/C=C/CCc1cc(F)ccc1O. The average molecular weight is 254 g/mol. The van der Waals surface area contributed by atoms with Crippen LogP contribution < -0.4 is 0 Å². The van der Waals surface area contributed by atoms with Gasteiger partial charge in [0.25, 0.3) is 0 Å². The van der Waals surface area contributed by atoms with Crippen molar-refractivity contribution in [3.63, 3.8) is 0 Å². The van der Waals surface area contributed by atoms with Gasteiger partial charge in [-0.25, -0.2) is 9.18 Å². The van der Waals surface area contributed by atoms with Crippen LogP contribution >= 0.6 is 0 Å². The number of aromatic hydroxyl groups is 1. The third-order valence-corrected chi connectivity index (χ3v) is 2.25. The summed E-state index contributed by atoms with van der Waals surface area (Å²) in [5.74, 6) is -0.295. The number of ether oxygens (including phenoxy) is 2. The number of aryl methyl sites for hydroxylation is 1. The molecule has 1 aromatic rings. The van der Waals surface area contributed by atoms with E-state index in [0.29, 0.717) is 18.4 Å². The number of halogens is 1. The molecule has 0 saturated heterocycles. The number of carbonyl (C=O) groups excluding carboxylic acids is 1. The van der Waals surface area contributed by atoms with Crippen LogP contribution in [0.25, 0.3) is 0 Å². The van der Waals surface area contributed by atoms with Gasteiger partial charge >= 0.3 is 6.16 Å². The molecule has 0 aliphatic heterocycles. The van der Waals surface area contributed by atoms with Gasteiger partial charge < -0.3 is 14.6 Å². The number of hydrogen-bond donors (Lipinski definition) is 1. The molecule has 0 amide bonds. The zero-order valence-electron chi connectivity index (χ0n) is 10.1. The Labute approximate surface area is 105 Å². The van der Waals surface area contributed by atoms with Crippen LogP contribution in [0.2, 0.25) is 0 Å². The molecule has 0 aliphatic carbocycles. The van der Waals surface area contributed by atoms with Gasteiger partial charge in [0, 0.05) is 0 Å². The third-order valence-electron chi connectivity index (χ3n) is 2.25. The maximum atomic E-state index is 12.9. The number of allylic oxidation sites excluding steroid dienone is 1. The van der Waals surface area contributed by atoms with Crippen molar-refractivity contribution < 1.29 is 23.8 Å². The molecular weight excluding hydrogens is 239 g/mol. The number of carbonyl (C=O) groups is 1. The van der Waals surface area contributed by atoms with Gasteiger partial charge in [0.1, 0.15) is 18.2 Å². The van der Waals surface area contributed by atoms with Crippen LogP contribution in [-0.4, -0.2) is 25.0 Å². The number of phenols is 1. The molecule has 0 radical (unpaired) electrons. The summed E-state index contributed by atoms with van der Waals surface area (Å²) in [6.07, 6.45) is 3.84. The fraction of sp³-hybridized carbons (Fsp3) is 0.308. The van der Waals surface area contributed by atoms with Crippen molar-refractivity contribution in [2.24, 2.45) is 0 Å². The lowest BCUT2D eigenvalue weighted by molar-refractivity contribution is 0.0817. The van der Waals surface area contributed by atoms with E-state index in [-0.39, 0.29) is 18.2 Å². The van der Waals surface area contributed by atoms with Crippen LogP contribution in [0.1, 0.15) is 12.0 Å². The minimum atomic E-state index is -0.734. The molecule has 5 heteroatoms. The number of rotatable bonds is 5. The van der Waals surface area contributed by atoms with Gasteiger partial charge in [0.15, 0.2) is 0 Å². The summed E-state index contributed by atoms with van der Waals surface area (Å²) in [5, 5.41) is 9.47. The molecule has 18 heavy (non-hydrogen) atoms. The van der Waals surface area contributed by atoms with Crippen LogP contribution in [0.15, 0.2) is 30.4 Å². The molecular formula is C13H15FO4. The van der Waals surface area contributed by atoms with E-state index in [1.54, 1.807) is 12.2 Å². The summed E-state index contributed by atoms with van der Waals surface area (Å²) in [6.45, 7) is 0.127. The van der Waals surface area contributed by atoms with Crippen LogP contribution in [0.5, 0.6) is 5.75 Å². The Balaban J connectivity index is 2.31.